The Balaban J connectivity index is 1.57. The molecule has 0 saturated carbocycles. The lowest BCUT2D eigenvalue weighted by Gasteiger charge is -2.11. The van der Waals surface area contributed by atoms with Gasteiger partial charge in [-0.2, -0.15) is 0 Å². The van der Waals surface area contributed by atoms with E-state index in [0.717, 1.165) is 0 Å². The van der Waals surface area contributed by atoms with Gasteiger partial charge in [0.25, 0.3) is 0 Å². The van der Waals surface area contributed by atoms with Gasteiger partial charge >= 0.3 is 0 Å². The van der Waals surface area contributed by atoms with E-state index in [4.69, 9.17) is 4.74 Å². The Morgan fingerprint density at radius 1 is 0.941 bits per heavy atom. The molecule has 1 amide bonds. The van der Waals surface area contributed by atoms with E-state index in [-0.39, 0.29) is 28.1 Å². The predicted octanol–water partition coefficient (Wildman–Crippen LogP) is 3.98. The molecule has 0 aliphatic heterocycles. The van der Waals surface area contributed by atoms with Crippen LogP contribution in [0.4, 0.5) is 5.69 Å². The van der Waals surface area contributed by atoms with Gasteiger partial charge in [0.15, 0.2) is 20.8 Å². The van der Waals surface area contributed by atoms with Crippen LogP contribution in [-0.4, -0.2) is 42.0 Å². The summed E-state index contributed by atoms with van der Waals surface area (Å²) in [5, 5.41) is 11.6. The number of carbonyl (C=O) groups is 1. The number of hydrogen-bond donors (Lipinski definition) is 1. The maximum atomic E-state index is 13.0. The second-order valence-corrected chi connectivity index (χ2v) is 10.1. The lowest BCUT2D eigenvalue weighted by molar-refractivity contribution is -0.113. The number of carbonyl (C=O) groups excluding carboxylic acids is 1. The van der Waals surface area contributed by atoms with Crippen LogP contribution in [0.5, 0.6) is 5.75 Å². The molecule has 8 nitrogen and oxygen atoms in total. The summed E-state index contributed by atoms with van der Waals surface area (Å²) in [5.74, 6) is 0.293. The molecule has 1 aromatic heterocycles. The van der Waals surface area contributed by atoms with Crippen LogP contribution in [0.25, 0.3) is 5.69 Å². The molecule has 4 rings (SSSR count). The highest BCUT2D eigenvalue weighted by atomic mass is 32.2. The topological polar surface area (TPSA) is 103 Å². The molecule has 174 valence electrons. The third-order valence-electron chi connectivity index (χ3n) is 4.85. The number of hydrogen-bond acceptors (Lipinski definition) is 7. The summed E-state index contributed by atoms with van der Waals surface area (Å²) in [4.78, 5) is 12.8. The number of anilines is 1. The van der Waals surface area contributed by atoms with E-state index in [2.05, 4.69) is 15.5 Å². The Kier molecular flexibility index (Phi) is 7.29. The second-order valence-electron chi connectivity index (χ2n) is 7.18. The van der Waals surface area contributed by atoms with Gasteiger partial charge < -0.3 is 10.1 Å². The number of thioether (sulfide) groups is 1. The summed E-state index contributed by atoms with van der Waals surface area (Å²) < 4.78 is 32.9. The van der Waals surface area contributed by atoms with Crippen LogP contribution in [0.2, 0.25) is 0 Å². The number of amides is 1. The largest absolute Gasteiger partial charge is 0.495 e. The summed E-state index contributed by atoms with van der Waals surface area (Å²) in [6, 6.07) is 24.6. The molecule has 34 heavy (non-hydrogen) atoms. The van der Waals surface area contributed by atoms with E-state index in [0.29, 0.717) is 22.3 Å². The van der Waals surface area contributed by atoms with Gasteiger partial charge in [0, 0.05) is 5.69 Å². The van der Waals surface area contributed by atoms with Crippen molar-refractivity contribution >= 4 is 33.2 Å². The Hall–Kier alpha value is -3.63. The van der Waals surface area contributed by atoms with Gasteiger partial charge in [-0.3, -0.25) is 9.36 Å². The van der Waals surface area contributed by atoms with E-state index < -0.39 is 9.84 Å². The first kappa shape index (κ1) is 23.5. The summed E-state index contributed by atoms with van der Waals surface area (Å²) in [6.07, 6.45) is 0. The maximum Gasteiger partial charge on any atom is 0.234 e. The zero-order valence-corrected chi connectivity index (χ0v) is 19.9. The van der Waals surface area contributed by atoms with Crippen molar-refractivity contribution in [3.63, 3.8) is 0 Å². The lowest BCUT2D eigenvalue weighted by atomic mass is 10.3. The molecule has 10 heteroatoms. The quantitative estimate of drug-likeness (QED) is 0.351. The molecule has 0 bridgehead atoms. The fourth-order valence-corrected chi connectivity index (χ4v) is 5.31. The molecule has 0 saturated heterocycles. The van der Waals surface area contributed by atoms with Gasteiger partial charge in [0.1, 0.15) is 11.5 Å². The number of para-hydroxylation sites is 3. The average Bonchev–Trinajstić information content (AvgIpc) is 3.25. The van der Waals surface area contributed by atoms with Gasteiger partial charge in [-0.05, 0) is 36.4 Å². The zero-order valence-electron chi connectivity index (χ0n) is 18.3. The van der Waals surface area contributed by atoms with E-state index >= 15 is 0 Å². The standard InChI is InChI=1S/C24H22N4O4S2/c1-32-21-15-9-8-14-20(21)25-23(29)16-33-24-27-26-22(28(24)18-10-4-2-5-11-18)17-34(30,31)19-12-6-3-7-13-19/h2-15H,16-17H2,1H3,(H,25,29). The molecule has 1 N–H and O–H groups in total. The predicted molar refractivity (Wildman–Crippen MR) is 131 cm³/mol. The molecule has 0 unspecified atom stereocenters. The van der Waals surface area contributed by atoms with Crippen LogP contribution in [0.15, 0.2) is 95.0 Å². The highest BCUT2D eigenvalue weighted by Crippen LogP contribution is 2.26. The summed E-state index contributed by atoms with van der Waals surface area (Å²) in [5.41, 5.74) is 1.27. The highest BCUT2D eigenvalue weighted by molar-refractivity contribution is 7.99. The molecule has 0 aliphatic carbocycles. The normalized spacial score (nSPS) is 11.2. The molecular formula is C24H22N4O4S2. The van der Waals surface area contributed by atoms with Crippen LogP contribution in [-0.2, 0) is 20.4 Å². The third kappa shape index (κ3) is 5.46. The van der Waals surface area contributed by atoms with Gasteiger partial charge in [-0.1, -0.05) is 60.3 Å². The van der Waals surface area contributed by atoms with Gasteiger partial charge in [-0.25, -0.2) is 8.42 Å². The minimum Gasteiger partial charge on any atom is -0.495 e. The van der Waals surface area contributed by atoms with E-state index in [1.165, 1.54) is 18.9 Å². The summed E-state index contributed by atoms with van der Waals surface area (Å²) >= 11 is 1.17. The zero-order chi connectivity index (χ0) is 24.0. The van der Waals surface area contributed by atoms with E-state index in [1.54, 1.807) is 53.1 Å². The smallest absolute Gasteiger partial charge is 0.234 e. The minimum atomic E-state index is -3.64. The fourth-order valence-electron chi connectivity index (χ4n) is 3.27. The Labute approximate surface area is 201 Å². The molecule has 0 aliphatic rings. The molecular weight excluding hydrogens is 472 g/mol. The molecule has 0 radical (unpaired) electrons. The first-order chi connectivity index (χ1) is 16.5. The Morgan fingerprint density at radius 2 is 1.59 bits per heavy atom. The van der Waals surface area contributed by atoms with Crippen molar-refractivity contribution in [2.45, 2.75) is 15.8 Å². The van der Waals surface area contributed by atoms with E-state index in [1.807, 2.05) is 36.4 Å². The van der Waals surface area contributed by atoms with Gasteiger partial charge in [0.05, 0.1) is 23.4 Å². The fraction of sp³-hybridized carbons (Fsp3) is 0.125. The number of nitrogens with zero attached hydrogens (tertiary/aromatic N) is 3. The van der Waals surface area contributed by atoms with Crippen molar-refractivity contribution in [2.24, 2.45) is 0 Å². The van der Waals surface area contributed by atoms with Crippen molar-refractivity contribution < 1.29 is 17.9 Å². The number of rotatable bonds is 9. The minimum absolute atomic E-state index is 0.0501. The van der Waals surface area contributed by atoms with Gasteiger partial charge in [-0.15, -0.1) is 10.2 Å². The molecule has 3 aromatic carbocycles. The average molecular weight is 495 g/mol. The number of benzene rings is 3. The van der Waals surface area contributed by atoms with Crippen LogP contribution < -0.4 is 10.1 Å². The first-order valence-corrected chi connectivity index (χ1v) is 12.9. The van der Waals surface area contributed by atoms with Crippen LogP contribution in [0.3, 0.4) is 0 Å². The van der Waals surface area contributed by atoms with Crippen LogP contribution in [0, 0.1) is 0 Å². The van der Waals surface area contributed by atoms with Crippen LogP contribution >= 0.6 is 11.8 Å². The van der Waals surface area contributed by atoms with Gasteiger partial charge in [0.2, 0.25) is 5.91 Å². The second kappa shape index (κ2) is 10.5. The van der Waals surface area contributed by atoms with Crippen molar-refractivity contribution in [3.8, 4) is 11.4 Å². The monoisotopic (exact) mass is 494 g/mol. The molecule has 0 fully saturated rings. The van der Waals surface area contributed by atoms with Crippen LogP contribution in [0.1, 0.15) is 5.82 Å². The Bertz CT molecular complexity index is 1370. The van der Waals surface area contributed by atoms with Crippen molar-refractivity contribution in [1.82, 2.24) is 14.8 Å². The number of sulfone groups is 1. The van der Waals surface area contributed by atoms with Crippen molar-refractivity contribution in [1.29, 1.82) is 0 Å². The molecule has 0 atom stereocenters. The molecule has 0 spiro atoms. The first-order valence-electron chi connectivity index (χ1n) is 10.3. The number of aromatic nitrogens is 3. The van der Waals surface area contributed by atoms with Crippen molar-refractivity contribution in [3.05, 3.63) is 90.8 Å². The number of nitrogens with one attached hydrogen (secondary N) is 1. The number of ether oxygens (including phenoxy) is 1. The molecule has 1 heterocycles. The SMILES string of the molecule is COc1ccccc1NC(=O)CSc1nnc(CS(=O)(=O)c2ccccc2)n1-c1ccccc1. The van der Waals surface area contributed by atoms with E-state index in [9.17, 15) is 13.2 Å². The lowest BCUT2D eigenvalue weighted by Crippen LogP contribution is -2.15. The maximum absolute atomic E-state index is 13.0. The summed E-state index contributed by atoms with van der Waals surface area (Å²) in [7, 11) is -2.10. The van der Waals surface area contributed by atoms with Crippen molar-refractivity contribution in [2.75, 3.05) is 18.2 Å². The summed E-state index contributed by atoms with van der Waals surface area (Å²) in [6.45, 7) is 0. The molecule has 4 aromatic rings. The number of methoxy groups -OCH3 is 1. The Morgan fingerprint density at radius 3 is 2.29 bits per heavy atom. The highest BCUT2D eigenvalue weighted by Gasteiger charge is 2.23. The third-order valence-corrected chi connectivity index (χ3v) is 7.41.